The molecule has 0 heterocycles. The second kappa shape index (κ2) is 6.53. The molecular formula is C17H20BrNO. The SMILES string of the molecule is Cc1ccc(Br)cc1C(O)c1cccc(C(C)CN)c1. The Labute approximate surface area is 128 Å². The largest absolute Gasteiger partial charge is 0.384 e. The fraction of sp³-hybridized carbons (Fsp3) is 0.294. The maximum atomic E-state index is 10.6. The average molecular weight is 334 g/mol. The van der Waals surface area contributed by atoms with Gasteiger partial charge < -0.3 is 10.8 Å². The highest BCUT2D eigenvalue weighted by Gasteiger charge is 2.14. The van der Waals surface area contributed by atoms with Crippen molar-refractivity contribution in [3.63, 3.8) is 0 Å². The molecule has 0 saturated heterocycles. The van der Waals surface area contributed by atoms with Crippen LogP contribution >= 0.6 is 15.9 Å². The minimum absolute atomic E-state index is 0.297. The van der Waals surface area contributed by atoms with Crippen LogP contribution in [0.25, 0.3) is 0 Å². The predicted molar refractivity (Wildman–Crippen MR) is 86.9 cm³/mol. The lowest BCUT2D eigenvalue weighted by Gasteiger charge is -2.17. The summed E-state index contributed by atoms with van der Waals surface area (Å²) in [5.74, 6) is 0.297. The van der Waals surface area contributed by atoms with Crippen LogP contribution in [-0.4, -0.2) is 11.7 Å². The molecule has 0 amide bonds. The summed E-state index contributed by atoms with van der Waals surface area (Å²) in [4.78, 5) is 0. The summed E-state index contributed by atoms with van der Waals surface area (Å²) in [6, 6.07) is 14.0. The van der Waals surface area contributed by atoms with E-state index in [1.807, 2.05) is 43.3 Å². The zero-order valence-electron chi connectivity index (χ0n) is 11.8. The zero-order chi connectivity index (χ0) is 14.7. The van der Waals surface area contributed by atoms with Gasteiger partial charge in [-0.3, -0.25) is 0 Å². The molecule has 0 bridgehead atoms. The van der Waals surface area contributed by atoms with E-state index in [9.17, 15) is 5.11 Å². The molecule has 106 valence electrons. The van der Waals surface area contributed by atoms with Gasteiger partial charge in [0.1, 0.15) is 6.10 Å². The number of benzene rings is 2. The number of nitrogens with two attached hydrogens (primary N) is 1. The summed E-state index contributed by atoms with van der Waals surface area (Å²) in [7, 11) is 0. The van der Waals surface area contributed by atoms with Crippen LogP contribution < -0.4 is 5.73 Å². The summed E-state index contributed by atoms with van der Waals surface area (Å²) >= 11 is 3.46. The molecule has 0 aliphatic carbocycles. The molecule has 2 unspecified atom stereocenters. The van der Waals surface area contributed by atoms with Gasteiger partial charge in [0.05, 0.1) is 0 Å². The molecule has 2 aromatic carbocycles. The number of halogens is 1. The molecule has 3 N–H and O–H groups in total. The Morgan fingerprint density at radius 2 is 1.85 bits per heavy atom. The van der Waals surface area contributed by atoms with E-state index < -0.39 is 6.10 Å². The lowest BCUT2D eigenvalue weighted by molar-refractivity contribution is 0.219. The molecule has 0 aliphatic heterocycles. The van der Waals surface area contributed by atoms with Gasteiger partial charge in [0.2, 0.25) is 0 Å². The van der Waals surface area contributed by atoms with Crippen LogP contribution in [0.1, 0.15) is 41.2 Å². The van der Waals surface area contributed by atoms with Crippen LogP contribution in [0.2, 0.25) is 0 Å². The lowest BCUT2D eigenvalue weighted by atomic mass is 9.93. The molecule has 3 heteroatoms. The quantitative estimate of drug-likeness (QED) is 0.891. The van der Waals surface area contributed by atoms with Crippen LogP contribution in [0, 0.1) is 6.92 Å². The first kappa shape index (κ1) is 15.2. The minimum Gasteiger partial charge on any atom is -0.384 e. The van der Waals surface area contributed by atoms with Crippen molar-refractivity contribution in [2.24, 2.45) is 5.73 Å². The van der Waals surface area contributed by atoms with Gasteiger partial charge in [-0.25, -0.2) is 0 Å². The Bertz CT molecular complexity index is 597. The Morgan fingerprint density at radius 1 is 1.15 bits per heavy atom. The van der Waals surface area contributed by atoms with E-state index in [1.165, 1.54) is 0 Å². The van der Waals surface area contributed by atoms with Crippen molar-refractivity contribution >= 4 is 15.9 Å². The standard InChI is InChI=1S/C17H20BrNO/c1-11-6-7-15(18)9-16(11)17(20)14-5-3-4-13(8-14)12(2)10-19/h3-9,12,17,20H,10,19H2,1-2H3. The molecule has 2 atom stereocenters. The first-order chi connectivity index (χ1) is 9.52. The van der Waals surface area contributed by atoms with E-state index >= 15 is 0 Å². The van der Waals surface area contributed by atoms with E-state index in [2.05, 4.69) is 28.9 Å². The van der Waals surface area contributed by atoms with E-state index in [-0.39, 0.29) is 0 Å². The van der Waals surface area contributed by atoms with E-state index in [1.54, 1.807) is 0 Å². The smallest absolute Gasteiger partial charge is 0.104 e. The van der Waals surface area contributed by atoms with Crippen molar-refractivity contribution in [1.29, 1.82) is 0 Å². The number of hydrogen-bond donors (Lipinski definition) is 2. The van der Waals surface area contributed by atoms with Gasteiger partial charge in [-0.05, 0) is 53.8 Å². The van der Waals surface area contributed by atoms with Gasteiger partial charge in [0.25, 0.3) is 0 Å². The van der Waals surface area contributed by atoms with Crippen LogP contribution in [0.3, 0.4) is 0 Å². The molecule has 0 radical (unpaired) electrons. The molecule has 2 nitrogen and oxygen atoms in total. The van der Waals surface area contributed by atoms with E-state index in [0.717, 1.165) is 26.7 Å². The Morgan fingerprint density at radius 3 is 2.55 bits per heavy atom. The maximum absolute atomic E-state index is 10.6. The highest BCUT2D eigenvalue weighted by Crippen LogP contribution is 2.29. The first-order valence-electron chi connectivity index (χ1n) is 6.77. The third-order valence-electron chi connectivity index (χ3n) is 3.68. The highest BCUT2D eigenvalue weighted by molar-refractivity contribution is 9.10. The fourth-order valence-electron chi connectivity index (χ4n) is 2.26. The molecule has 2 aromatic rings. The second-order valence-electron chi connectivity index (χ2n) is 5.21. The molecule has 0 fully saturated rings. The van der Waals surface area contributed by atoms with Gasteiger partial charge in [0.15, 0.2) is 0 Å². The minimum atomic E-state index is -0.613. The Hall–Kier alpha value is -1.16. The van der Waals surface area contributed by atoms with Crippen LogP contribution in [0.15, 0.2) is 46.9 Å². The molecular weight excluding hydrogens is 314 g/mol. The number of aryl methyl sites for hydroxylation is 1. The van der Waals surface area contributed by atoms with Crippen LogP contribution in [0.4, 0.5) is 0 Å². The Kier molecular flexibility index (Phi) is 4.97. The summed E-state index contributed by atoms with van der Waals surface area (Å²) in [5, 5.41) is 10.6. The van der Waals surface area contributed by atoms with Crippen molar-refractivity contribution in [2.75, 3.05) is 6.54 Å². The van der Waals surface area contributed by atoms with Crippen molar-refractivity contribution < 1.29 is 5.11 Å². The number of aliphatic hydroxyl groups excluding tert-OH is 1. The zero-order valence-corrected chi connectivity index (χ0v) is 13.4. The van der Waals surface area contributed by atoms with Crippen molar-refractivity contribution in [2.45, 2.75) is 25.9 Å². The molecule has 20 heavy (non-hydrogen) atoms. The lowest BCUT2D eigenvalue weighted by Crippen LogP contribution is -2.10. The summed E-state index contributed by atoms with van der Waals surface area (Å²) in [5.41, 5.74) is 9.80. The van der Waals surface area contributed by atoms with Crippen molar-refractivity contribution in [3.05, 3.63) is 69.2 Å². The Balaban J connectivity index is 2.38. The highest BCUT2D eigenvalue weighted by atomic mass is 79.9. The van der Waals surface area contributed by atoms with Gasteiger partial charge in [-0.15, -0.1) is 0 Å². The van der Waals surface area contributed by atoms with Crippen molar-refractivity contribution in [3.8, 4) is 0 Å². The van der Waals surface area contributed by atoms with Crippen LogP contribution in [0.5, 0.6) is 0 Å². The molecule has 2 rings (SSSR count). The van der Waals surface area contributed by atoms with Gasteiger partial charge in [-0.1, -0.05) is 53.2 Å². The van der Waals surface area contributed by atoms with Gasteiger partial charge in [0, 0.05) is 4.47 Å². The third-order valence-corrected chi connectivity index (χ3v) is 4.18. The topological polar surface area (TPSA) is 46.2 Å². The molecule has 0 saturated carbocycles. The summed E-state index contributed by atoms with van der Waals surface area (Å²) < 4.78 is 0.976. The first-order valence-corrected chi connectivity index (χ1v) is 7.56. The third kappa shape index (κ3) is 3.29. The number of hydrogen-bond acceptors (Lipinski definition) is 2. The van der Waals surface area contributed by atoms with Crippen molar-refractivity contribution in [1.82, 2.24) is 0 Å². The molecule has 0 spiro atoms. The number of aliphatic hydroxyl groups is 1. The second-order valence-corrected chi connectivity index (χ2v) is 6.13. The fourth-order valence-corrected chi connectivity index (χ4v) is 2.64. The average Bonchev–Trinajstić information content (AvgIpc) is 2.48. The monoisotopic (exact) mass is 333 g/mol. The number of rotatable bonds is 4. The summed E-state index contributed by atoms with van der Waals surface area (Å²) in [6.07, 6.45) is -0.613. The predicted octanol–water partition coefficient (Wildman–Crippen LogP) is 3.90. The normalized spacial score (nSPS) is 14.1. The summed E-state index contributed by atoms with van der Waals surface area (Å²) in [6.45, 7) is 4.71. The molecule has 0 aromatic heterocycles. The van der Waals surface area contributed by atoms with E-state index in [0.29, 0.717) is 12.5 Å². The molecule has 0 aliphatic rings. The van der Waals surface area contributed by atoms with Crippen LogP contribution in [-0.2, 0) is 0 Å². The maximum Gasteiger partial charge on any atom is 0.104 e. The van der Waals surface area contributed by atoms with Gasteiger partial charge >= 0.3 is 0 Å². The van der Waals surface area contributed by atoms with Gasteiger partial charge in [-0.2, -0.15) is 0 Å². The van der Waals surface area contributed by atoms with E-state index in [4.69, 9.17) is 5.73 Å².